The Bertz CT molecular complexity index is 1380. The van der Waals surface area contributed by atoms with Crippen LogP contribution in [0, 0.1) is 0 Å². The summed E-state index contributed by atoms with van der Waals surface area (Å²) in [4.78, 5) is 29.3. The molecule has 0 saturated carbocycles. The lowest BCUT2D eigenvalue weighted by Gasteiger charge is -2.32. The van der Waals surface area contributed by atoms with Crippen LogP contribution in [0.5, 0.6) is 0 Å². The van der Waals surface area contributed by atoms with E-state index in [2.05, 4.69) is 46.9 Å². The van der Waals surface area contributed by atoms with Gasteiger partial charge in [0.15, 0.2) is 0 Å². The number of aryl methyl sites for hydroxylation is 1. The fourth-order valence-electron chi connectivity index (χ4n) is 5.96. The van der Waals surface area contributed by atoms with Crippen LogP contribution in [0.2, 0.25) is 0 Å². The van der Waals surface area contributed by atoms with Crippen molar-refractivity contribution >= 4 is 23.6 Å². The highest BCUT2D eigenvalue weighted by Crippen LogP contribution is 2.32. The number of carbonyl (C=O) groups excluding carboxylic acids is 2. The molecule has 242 valence electrons. The number of alkyl halides is 3. The first-order valence-electron chi connectivity index (χ1n) is 15.9. The SMILES string of the molecule is CCc1cccc(SC)c1CCCC(=O)NCCCCN1CCC(NC(=O)c2ccccc2-c2ccc(C(F)(F)F)cc2)CC1. The van der Waals surface area contributed by atoms with Crippen molar-refractivity contribution in [3.05, 3.63) is 89.0 Å². The number of nitrogens with zero attached hydrogens (tertiary/aromatic N) is 1. The molecule has 3 aromatic carbocycles. The van der Waals surface area contributed by atoms with Crippen LogP contribution in [0.25, 0.3) is 11.1 Å². The number of nitrogens with one attached hydrogen (secondary N) is 2. The molecule has 1 heterocycles. The van der Waals surface area contributed by atoms with Crippen LogP contribution in [0.4, 0.5) is 13.2 Å². The lowest BCUT2D eigenvalue weighted by molar-refractivity contribution is -0.137. The number of amides is 2. The van der Waals surface area contributed by atoms with Crippen LogP contribution in [0.15, 0.2) is 71.6 Å². The molecule has 2 amide bonds. The monoisotopic (exact) mass is 639 g/mol. The van der Waals surface area contributed by atoms with E-state index in [4.69, 9.17) is 0 Å². The van der Waals surface area contributed by atoms with E-state index in [0.29, 0.717) is 29.7 Å². The molecule has 0 aromatic heterocycles. The summed E-state index contributed by atoms with van der Waals surface area (Å²) in [5.74, 6) is -0.0925. The van der Waals surface area contributed by atoms with Crippen molar-refractivity contribution in [3.8, 4) is 11.1 Å². The zero-order valence-electron chi connectivity index (χ0n) is 26.2. The second-order valence-electron chi connectivity index (χ2n) is 11.6. The smallest absolute Gasteiger partial charge is 0.356 e. The first-order chi connectivity index (χ1) is 21.7. The summed E-state index contributed by atoms with van der Waals surface area (Å²) in [7, 11) is 0. The molecular weight excluding hydrogens is 595 g/mol. The highest BCUT2D eigenvalue weighted by atomic mass is 32.2. The van der Waals surface area contributed by atoms with Gasteiger partial charge in [-0.25, -0.2) is 0 Å². The third-order valence-corrected chi connectivity index (χ3v) is 9.32. The van der Waals surface area contributed by atoms with Crippen LogP contribution < -0.4 is 10.6 Å². The van der Waals surface area contributed by atoms with E-state index in [-0.39, 0.29) is 17.9 Å². The van der Waals surface area contributed by atoms with Gasteiger partial charge in [-0.05, 0) is 104 Å². The van der Waals surface area contributed by atoms with E-state index in [1.165, 1.54) is 28.2 Å². The second kappa shape index (κ2) is 16.9. The average Bonchev–Trinajstić information content (AvgIpc) is 3.05. The minimum atomic E-state index is -4.40. The molecule has 5 nitrogen and oxygen atoms in total. The van der Waals surface area contributed by atoms with Gasteiger partial charge in [0.2, 0.25) is 5.91 Å². The number of piperidine rings is 1. The topological polar surface area (TPSA) is 61.4 Å². The molecule has 2 N–H and O–H groups in total. The van der Waals surface area contributed by atoms with Crippen LogP contribution in [0.3, 0.4) is 0 Å². The van der Waals surface area contributed by atoms with Gasteiger partial charge >= 0.3 is 6.18 Å². The molecule has 0 bridgehead atoms. The number of rotatable bonds is 14. The Kier molecular flexibility index (Phi) is 12.9. The molecule has 0 atom stereocenters. The molecular formula is C36H44F3N3O2S. The van der Waals surface area contributed by atoms with Crippen molar-refractivity contribution < 1.29 is 22.8 Å². The van der Waals surface area contributed by atoms with Crippen molar-refractivity contribution in [2.45, 2.75) is 75.4 Å². The zero-order chi connectivity index (χ0) is 32.2. The Morgan fingerprint density at radius 3 is 2.36 bits per heavy atom. The Morgan fingerprint density at radius 1 is 0.933 bits per heavy atom. The summed E-state index contributed by atoms with van der Waals surface area (Å²) in [5.41, 5.74) is 3.68. The van der Waals surface area contributed by atoms with E-state index in [1.807, 2.05) is 0 Å². The molecule has 1 saturated heterocycles. The van der Waals surface area contributed by atoms with Crippen molar-refractivity contribution in [1.82, 2.24) is 15.5 Å². The zero-order valence-corrected chi connectivity index (χ0v) is 27.0. The van der Waals surface area contributed by atoms with Gasteiger partial charge in [-0.15, -0.1) is 11.8 Å². The molecule has 9 heteroatoms. The first-order valence-corrected chi connectivity index (χ1v) is 17.1. The highest BCUT2D eigenvalue weighted by molar-refractivity contribution is 7.98. The van der Waals surface area contributed by atoms with E-state index < -0.39 is 11.7 Å². The molecule has 3 aromatic rings. The van der Waals surface area contributed by atoms with Gasteiger partial charge in [-0.2, -0.15) is 13.2 Å². The molecule has 45 heavy (non-hydrogen) atoms. The van der Waals surface area contributed by atoms with Crippen LogP contribution in [0.1, 0.15) is 72.5 Å². The number of thioether (sulfide) groups is 1. The molecule has 1 aliphatic rings. The average molecular weight is 640 g/mol. The van der Waals surface area contributed by atoms with E-state index in [1.54, 1.807) is 36.0 Å². The number of hydrogen-bond donors (Lipinski definition) is 2. The largest absolute Gasteiger partial charge is 0.416 e. The molecule has 4 rings (SSSR count). The normalized spacial score (nSPS) is 14.3. The number of carbonyl (C=O) groups is 2. The minimum Gasteiger partial charge on any atom is -0.356 e. The second-order valence-corrected chi connectivity index (χ2v) is 12.4. The summed E-state index contributed by atoms with van der Waals surface area (Å²) in [6.45, 7) is 5.59. The lowest BCUT2D eigenvalue weighted by atomic mass is 9.97. The van der Waals surface area contributed by atoms with E-state index >= 15 is 0 Å². The molecule has 1 fully saturated rings. The van der Waals surface area contributed by atoms with Gasteiger partial charge in [0.25, 0.3) is 5.91 Å². The third kappa shape index (κ3) is 10.1. The van der Waals surface area contributed by atoms with Crippen LogP contribution >= 0.6 is 11.8 Å². The predicted molar refractivity (Wildman–Crippen MR) is 177 cm³/mol. The number of benzene rings is 3. The Labute approximate surface area is 269 Å². The summed E-state index contributed by atoms with van der Waals surface area (Å²) < 4.78 is 39.0. The van der Waals surface area contributed by atoms with Gasteiger partial charge in [-0.1, -0.05) is 49.4 Å². The molecule has 0 aliphatic carbocycles. The van der Waals surface area contributed by atoms with Crippen molar-refractivity contribution in [2.24, 2.45) is 0 Å². The van der Waals surface area contributed by atoms with Gasteiger partial charge in [0.05, 0.1) is 5.56 Å². The van der Waals surface area contributed by atoms with Gasteiger partial charge in [0.1, 0.15) is 0 Å². The summed E-state index contributed by atoms with van der Waals surface area (Å²) in [5, 5.41) is 6.21. The predicted octanol–water partition coefficient (Wildman–Crippen LogP) is 7.77. The minimum absolute atomic E-state index is 0.0463. The number of unbranched alkanes of at least 4 members (excludes halogenated alkanes) is 1. The Hall–Kier alpha value is -3.30. The van der Waals surface area contributed by atoms with Gasteiger partial charge < -0.3 is 15.5 Å². The molecule has 0 radical (unpaired) electrons. The fraction of sp³-hybridized carbons (Fsp3) is 0.444. The van der Waals surface area contributed by atoms with Crippen molar-refractivity contribution in [1.29, 1.82) is 0 Å². The maximum absolute atomic E-state index is 13.2. The maximum atomic E-state index is 13.2. The maximum Gasteiger partial charge on any atom is 0.416 e. The van der Waals surface area contributed by atoms with Crippen molar-refractivity contribution in [2.75, 3.05) is 32.4 Å². The molecule has 1 aliphatic heterocycles. The van der Waals surface area contributed by atoms with Gasteiger partial charge in [-0.3, -0.25) is 9.59 Å². The lowest BCUT2D eigenvalue weighted by Crippen LogP contribution is -2.45. The van der Waals surface area contributed by atoms with Crippen LogP contribution in [-0.4, -0.2) is 55.2 Å². The highest BCUT2D eigenvalue weighted by Gasteiger charge is 2.30. The van der Waals surface area contributed by atoms with E-state index in [0.717, 1.165) is 76.7 Å². The standard InChI is InChI=1S/C36H44F3N3O2S/c1-3-26-10-8-14-33(45-2)31(26)13-9-15-34(43)40-22-6-7-23-42-24-20-29(21-25-42)41-35(44)32-12-5-4-11-30(32)27-16-18-28(19-17-27)36(37,38)39/h4-5,8,10-12,14,16-19,29H,3,6-7,9,13,15,20-25H2,1-2H3,(H,40,43)(H,41,44). The summed E-state index contributed by atoms with van der Waals surface area (Å²) in [6, 6.07) is 18.4. The quantitative estimate of drug-likeness (QED) is 0.140. The molecule has 0 spiro atoms. The van der Waals surface area contributed by atoms with Crippen LogP contribution in [-0.2, 0) is 23.8 Å². The van der Waals surface area contributed by atoms with Gasteiger partial charge in [0, 0.05) is 42.6 Å². The number of hydrogen-bond acceptors (Lipinski definition) is 4. The Morgan fingerprint density at radius 2 is 1.67 bits per heavy atom. The number of halogens is 3. The summed E-state index contributed by atoms with van der Waals surface area (Å²) in [6.07, 6.45) is 4.62. The first kappa shape index (κ1) is 34.6. The fourth-order valence-corrected chi connectivity index (χ4v) is 6.65. The summed E-state index contributed by atoms with van der Waals surface area (Å²) >= 11 is 1.77. The number of likely N-dealkylation sites (tertiary alicyclic amines) is 1. The van der Waals surface area contributed by atoms with Crippen molar-refractivity contribution in [3.63, 3.8) is 0 Å². The third-order valence-electron chi connectivity index (χ3n) is 8.50. The Balaban J connectivity index is 1.13. The van der Waals surface area contributed by atoms with E-state index in [9.17, 15) is 22.8 Å². The molecule has 0 unspecified atom stereocenters.